The Hall–Kier alpha value is -1.88. The number of carboxylic acid groups (broad SMARTS) is 1. The smallest absolute Gasteiger partial charge is 0.326 e. The highest BCUT2D eigenvalue weighted by Gasteiger charge is 2.38. The summed E-state index contributed by atoms with van der Waals surface area (Å²) in [6, 6.07) is 9.21. The molecule has 20 heavy (non-hydrogen) atoms. The second kappa shape index (κ2) is 6.52. The fraction of sp³-hybridized carbons (Fsp3) is 0.467. The molecule has 5 heteroatoms. The number of benzene rings is 1. The largest absolute Gasteiger partial charge is 0.480 e. The van der Waals surface area contributed by atoms with Crippen LogP contribution in [0.25, 0.3) is 0 Å². The van der Waals surface area contributed by atoms with E-state index in [0.717, 1.165) is 6.42 Å². The number of aliphatic carboxylic acids is 1. The van der Waals surface area contributed by atoms with Gasteiger partial charge in [0.25, 0.3) is 0 Å². The first kappa shape index (κ1) is 14.5. The van der Waals surface area contributed by atoms with Crippen LogP contribution in [0.3, 0.4) is 0 Å². The average molecular weight is 277 g/mol. The molecule has 108 valence electrons. The molecule has 0 saturated carbocycles. The summed E-state index contributed by atoms with van der Waals surface area (Å²) < 4.78 is 5.71. The molecule has 1 aromatic carbocycles. The Morgan fingerprint density at radius 3 is 2.60 bits per heavy atom. The van der Waals surface area contributed by atoms with Crippen LogP contribution < -0.4 is 0 Å². The topological polar surface area (TPSA) is 66.8 Å². The van der Waals surface area contributed by atoms with Gasteiger partial charge in [0.1, 0.15) is 6.04 Å². The summed E-state index contributed by atoms with van der Waals surface area (Å²) >= 11 is 0. The van der Waals surface area contributed by atoms with Gasteiger partial charge in [-0.3, -0.25) is 4.79 Å². The van der Waals surface area contributed by atoms with Crippen molar-refractivity contribution in [3.05, 3.63) is 35.9 Å². The molecule has 5 nitrogen and oxygen atoms in total. The summed E-state index contributed by atoms with van der Waals surface area (Å²) in [6.07, 6.45) is 0.961. The lowest BCUT2D eigenvalue weighted by Gasteiger charge is -2.18. The molecule has 1 amide bonds. The van der Waals surface area contributed by atoms with E-state index in [9.17, 15) is 9.59 Å². The van der Waals surface area contributed by atoms with E-state index in [1.54, 1.807) is 0 Å². The highest BCUT2D eigenvalue weighted by atomic mass is 16.5. The van der Waals surface area contributed by atoms with Gasteiger partial charge in [0.05, 0.1) is 12.7 Å². The van der Waals surface area contributed by atoms with Crippen molar-refractivity contribution in [2.45, 2.75) is 31.9 Å². The van der Waals surface area contributed by atoms with Gasteiger partial charge in [-0.1, -0.05) is 30.3 Å². The molecule has 1 aliphatic rings. The van der Waals surface area contributed by atoms with E-state index in [2.05, 4.69) is 0 Å². The zero-order valence-corrected chi connectivity index (χ0v) is 11.5. The summed E-state index contributed by atoms with van der Waals surface area (Å²) in [4.78, 5) is 23.9. The number of amides is 1. The molecular formula is C15H19NO4. The van der Waals surface area contributed by atoms with Crippen molar-refractivity contribution in [2.75, 3.05) is 13.2 Å². The first-order chi connectivity index (χ1) is 9.58. The Labute approximate surface area is 118 Å². The Morgan fingerprint density at radius 1 is 1.35 bits per heavy atom. The molecule has 1 aliphatic heterocycles. The highest BCUT2D eigenvalue weighted by Crippen LogP contribution is 2.21. The fourth-order valence-electron chi connectivity index (χ4n) is 2.49. The Morgan fingerprint density at radius 2 is 2.05 bits per heavy atom. The van der Waals surface area contributed by atoms with Crippen molar-refractivity contribution in [2.24, 2.45) is 0 Å². The van der Waals surface area contributed by atoms with Crippen molar-refractivity contribution < 1.29 is 19.4 Å². The first-order valence-corrected chi connectivity index (χ1v) is 6.73. The van der Waals surface area contributed by atoms with E-state index in [1.165, 1.54) is 17.4 Å². The summed E-state index contributed by atoms with van der Waals surface area (Å²) in [5.74, 6) is -1.18. The van der Waals surface area contributed by atoms with E-state index in [1.807, 2.05) is 30.3 Å². The maximum atomic E-state index is 11.4. The van der Waals surface area contributed by atoms with E-state index in [0.29, 0.717) is 19.6 Å². The van der Waals surface area contributed by atoms with Gasteiger partial charge in [-0.15, -0.1) is 0 Å². The molecule has 2 atom stereocenters. The lowest BCUT2D eigenvalue weighted by atomic mass is 10.1. The van der Waals surface area contributed by atoms with Crippen molar-refractivity contribution in [3.63, 3.8) is 0 Å². The number of likely N-dealkylation sites (tertiary alicyclic amines) is 1. The van der Waals surface area contributed by atoms with Gasteiger partial charge < -0.3 is 14.7 Å². The van der Waals surface area contributed by atoms with Crippen molar-refractivity contribution in [1.29, 1.82) is 0 Å². The van der Waals surface area contributed by atoms with Crippen LogP contribution in [-0.2, 0) is 20.7 Å². The van der Waals surface area contributed by atoms with Gasteiger partial charge >= 0.3 is 5.97 Å². The van der Waals surface area contributed by atoms with Crippen LogP contribution in [0.15, 0.2) is 30.3 Å². The second-order valence-electron chi connectivity index (χ2n) is 4.99. The molecule has 1 aromatic rings. The third kappa shape index (κ3) is 3.57. The number of ether oxygens (including phenoxy) is 1. The number of hydrogen-bond donors (Lipinski definition) is 1. The quantitative estimate of drug-likeness (QED) is 0.881. The zero-order chi connectivity index (χ0) is 14.5. The number of carboxylic acids is 1. The van der Waals surface area contributed by atoms with E-state index in [-0.39, 0.29) is 12.0 Å². The van der Waals surface area contributed by atoms with E-state index >= 15 is 0 Å². The molecule has 1 saturated heterocycles. The van der Waals surface area contributed by atoms with Crippen LogP contribution >= 0.6 is 0 Å². The van der Waals surface area contributed by atoms with Crippen molar-refractivity contribution in [3.8, 4) is 0 Å². The Balaban J connectivity index is 1.83. The average Bonchev–Trinajstić information content (AvgIpc) is 2.85. The second-order valence-corrected chi connectivity index (χ2v) is 4.99. The number of carbonyl (C=O) groups is 2. The molecule has 1 unspecified atom stereocenters. The monoisotopic (exact) mass is 277 g/mol. The van der Waals surface area contributed by atoms with Crippen LogP contribution in [0, 0.1) is 0 Å². The maximum absolute atomic E-state index is 11.4. The van der Waals surface area contributed by atoms with Gasteiger partial charge in [-0.25, -0.2) is 4.79 Å². The molecular weight excluding hydrogens is 258 g/mol. The summed E-state index contributed by atoms with van der Waals surface area (Å²) in [5, 5.41) is 9.10. The van der Waals surface area contributed by atoms with Gasteiger partial charge in [0.15, 0.2) is 0 Å². The number of hydrogen-bond acceptors (Lipinski definition) is 3. The SMILES string of the molecule is CC(=O)N1CC(OCCc2ccccc2)C[C@H]1C(=O)O. The van der Waals surface area contributed by atoms with E-state index in [4.69, 9.17) is 9.84 Å². The molecule has 1 N–H and O–H groups in total. The summed E-state index contributed by atoms with van der Waals surface area (Å²) in [5.41, 5.74) is 1.18. The lowest BCUT2D eigenvalue weighted by Crippen LogP contribution is -2.39. The van der Waals surface area contributed by atoms with Gasteiger partial charge in [0.2, 0.25) is 5.91 Å². The molecule has 2 rings (SSSR count). The fourth-order valence-corrected chi connectivity index (χ4v) is 2.49. The predicted octanol–water partition coefficient (Wildman–Crippen LogP) is 1.32. The van der Waals surface area contributed by atoms with Crippen molar-refractivity contribution in [1.82, 2.24) is 4.90 Å². The molecule has 0 radical (unpaired) electrons. The number of rotatable bonds is 5. The van der Waals surface area contributed by atoms with E-state index < -0.39 is 12.0 Å². The minimum atomic E-state index is -0.964. The third-order valence-corrected chi connectivity index (χ3v) is 3.54. The van der Waals surface area contributed by atoms with Crippen molar-refractivity contribution >= 4 is 11.9 Å². The van der Waals surface area contributed by atoms with Gasteiger partial charge in [-0.05, 0) is 12.0 Å². The number of carbonyl (C=O) groups excluding carboxylic acids is 1. The molecule has 0 bridgehead atoms. The Bertz CT molecular complexity index is 452. The van der Waals surface area contributed by atoms with Gasteiger partial charge in [0, 0.05) is 19.9 Å². The summed E-state index contributed by atoms with van der Waals surface area (Å²) in [7, 11) is 0. The van der Waals surface area contributed by atoms with Crippen LogP contribution in [0.4, 0.5) is 0 Å². The van der Waals surface area contributed by atoms with Crippen LogP contribution in [0.5, 0.6) is 0 Å². The standard InChI is InChI=1S/C15H19NO4/c1-11(17)16-10-13(9-14(16)15(18)19)20-8-7-12-5-3-2-4-6-12/h2-6,13-14H,7-10H2,1H3,(H,18,19)/t13?,14-/m0/s1. The Kier molecular flexibility index (Phi) is 4.74. The highest BCUT2D eigenvalue weighted by molar-refractivity contribution is 5.83. The minimum absolute atomic E-state index is 0.191. The van der Waals surface area contributed by atoms with Crippen LogP contribution in [-0.4, -0.2) is 47.2 Å². The molecule has 1 heterocycles. The molecule has 0 aromatic heterocycles. The van der Waals surface area contributed by atoms with Crippen LogP contribution in [0.1, 0.15) is 18.9 Å². The van der Waals surface area contributed by atoms with Gasteiger partial charge in [-0.2, -0.15) is 0 Å². The molecule has 0 spiro atoms. The lowest BCUT2D eigenvalue weighted by molar-refractivity contribution is -0.147. The first-order valence-electron chi connectivity index (χ1n) is 6.73. The zero-order valence-electron chi connectivity index (χ0n) is 11.5. The summed E-state index contributed by atoms with van der Waals surface area (Å²) in [6.45, 7) is 2.29. The predicted molar refractivity (Wildman–Crippen MR) is 73.3 cm³/mol. The minimum Gasteiger partial charge on any atom is -0.480 e. The molecule has 1 fully saturated rings. The number of nitrogens with zero attached hydrogens (tertiary/aromatic N) is 1. The maximum Gasteiger partial charge on any atom is 0.326 e. The van der Waals surface area contributed by atoms with Crippen LogP contribution in [0.2, 0.25) is 0 Å². The molecule has 0 aliphatic carbocycles. The third-order valence-electron chi connectivity index (χ3n) is 3.54. The normalized spacial score (nSPS) is 21.9.